The highest BCUT2D eigenvalue weighted by Crippen LogP contribution is 2.42. The van der Waals surface area contributed by atoms with Crippen LogP contribution in [0.3, 0.4) is 0 Å². The fourth-order valence-corrected chi connectivity index (χ4v) is 4.54. The molecule has 1 saturated carbocycles. The molecule has 4 heteroatoms. The Hall–Kier alpha value is -0.160. The standard InChI is InChI=1S/C17H31NO3/c1-3-16(4-2)7-9-18(10-8-16)14-13-17(6-5-15(14)19)20-11-12-21-17/h14-15,19H,3-13H2,1-2H3. The molecule has 1 spiro atoms. The molecule has 3 aliphatic rings. The van der Waals surface area contributed by atoms with Crippen LogP contribution in [0, 0.1) is 5.41 Å². The van der Waals surface area contributed by atoms with Crippen LogP contribution in [-0.2, 0) is 9.47 Å². The van der Waals surface area contributed by atoms with Gasteiger partial charge >= 0.3 is 0 Å². The Morgan fingerprint density at radius 2 is 1.67 bits per heavy atom. The second-order valence-electron chi connectivity index (χ2n) is 7.23. The lowest BCUT2D eigenvalue weighted by atomic mass is 9.73. The van der Waals surface area contributed by atoms with E-state index in [0.717, 1.165) is 32.4 Å². The molecule has 0 aromatic rings. The molecule has 0 bridgehead atoms. The zero-order valence-electron chi connectivity index (χ0n) is 13.6. The molecule has 1 N–H and O–H groups in total. The van der Waals surface area contributed by atoms with Crippen molar-refractivity contribution in [2.24, 2.45) is 5.41 Å². The molecule has 0 aromatic carbocycles. The van der Waals surface area contributed by atoms with Crippen LogP contribution in [0.5, 0.6) is 0 Å². The largest absolute Gasteiger partial charge is 0.391 e. The van der Waals surface area contributed by atoms with Gasteiger partial charge in [0.15, 0.2) is 5.79 Å². The summed E-state index contributed by atoms with van der Waals surface area (Å²) in [6.07, 6.45) is 7.33. The number of aliphatic hydroxyl groups is 1. The molecule has 2 unspecified atom stereocenters. The van der Waals surface area contributed by atoms with Crippen LogP contribution in [0.2, 0.25) is 0 Å². The van der Waals surface area contributed by atoms with E-state index < -0.39 is 5.79 Å². The molecule has 0 radical (unpaired) electrons. The molecule has 2 atom stereocenters. The van der Waals surface area contributed by atoms with Gasteiger partial charge in [-0.2, -0.15) is 0 Å². The molecule has 122 valence electrons. The lowest BCUT2D eigenvalue weighted by molar-refractivity contribution is -0.207. The van der Waals surface area contributed by atoms with E-state index >= 15 is 0 Å². The predicted molar refractivity (Wildman–Crippen MR) is 82.1 cm³/mol. The second-order valence-corrected chi connectivity index (χ2v) is 7.23. The number of hydrogen-bond acceptors (Lipinski definition) is 4. The van der Waals surface area contributed by atoms with E-state index in [1.807, 2.05) is 0 Å². The maximum Gasteiger partial charge on any atom is 0.170 e. The van der Waals surface area contributed by atoms with Crippen molar-refractivity contribution in [3.63, 3.8) is 0 Å². The lowest BCUT2D eigenvalue weighted by Crippen LogP contribution is -2.56. The number of aliphatic hydroxyl groups excluding tert-OH is 1. The van der Waals surface area contributed by atoms with Crippen molar-refractivity contribution < 1.29 is 14.6 Å². The SMILES string of the molecule is CCC1(CC)CCN(C2CC3(CCC2O)OCCO3)CC1. The van der Waals surface area contributed by atoms with Crippen molar-refractivity contribution in [2.45, 2.75) is 76.7 Å². The first-order valence-electron chi connectivity index (χ1n) is 8.82. The van der Waals surface area contributed by atoms with Crippen LogP contribution in [-0.4, -0.2) is 54.2 Å². The Morgan fingerprint density at radius 1 is 1.05 bits per heavy atom. The van der Waals surface area contributed by atoms with Gasteiger partial charge in [-0.25, -0.2) is 0 Å². The van der Waals surface area contributed by atoms with Crippen LogP contribution < -0.4 is 0 Å². The number of piperidine rings is 1. The molecular weight excluding hydrogens is 266 g/mol. The van der Waals surface area contributed by atoms with Gasteiger partial charge in [0.25, 0.3) is 0 Å². The summed E-state index contributed by atoms with van der Waals surface area (Å²) in [7, 11) is 0. The van der Waals surface area contributed by atoms with Gasteiger partial charge in [-0.3, -0.25) is 4.90 Å². The van der Waals surface area contributed by atoms with E-state index in [-0.39, 0.29) is 12.1 Å². The van der Waals surface area contributed by atoms with Gasteiger partial charge in [0.05, 0.1) is 19.3 Å². The van der Waals surface area contributed by atoms with E-state index in [4.69, 9.17) is 9.47 Å². The first-order valence-corrected chi connectivity index (χ1v) is 8.82. The quantitative estimate of drug-likeness (QED) is 0.869. The molecule has 1 aliphatic carbocycles. The third kappa shape index (κ3) is 3.00. The monoisotopic (exact) mass is 297 g/mol. The summed E-state index contributed by atoms with van der Waals surface area (Å²) in [5.74, 6) is -0.395. The zero-order valence-corrected chi connectivity index (χ0v) is 13.6. The summed E-state index contributed by atoms with van der Waals surface area (Å²) >= 11 is 0. The van der Waals surface area contributed by atoms with Gasteiger partial charge in [-0.15, -0.1) is 0 Å². The molecule has 2 saturated heterocycles. The number of likely N-dealkylation sites (tertiary alicyclic amines) is 1. The van der Waals surface area contributed by atoms with Crippen LogP contribution in [0.15, 0.2) is 0 Å². The normalized spacial score (nSPS) is 36.1. The van der Waals surface area contributed by atoms with Crippen molar-refractivity contribution in [1.29, 1.82) is 0 Å². The smallest absolute Gasteiger partial charge is 0.170 e. The molecule has 4 nitrogen and oxygen atoms in total. The molecule has 3 fully saturated rings. The highest BCUT2D eigenvalue weighted by molar-refractivity contribution is 4.96. The topological polar surface area (TPSA) is 41.9 Å². The second kappa shape index (κ2) is 6.15. The Bertz CT molecular complexity index is 340. The Balaban J connectivity index is 1.63. The summed E-state index contributed by atoms with van der Waals surface area (Å²) in [5, 5.41) is 10.5. The van der Waals surface area contributed by atoms with Crippen LogP contribution in [0.4, 0.5) is 0 Å². The minimum absolute atomic E-state index is 0.212. The molecule has 21 heavy (non-hydrogen) atoms. The lowest BCUT2D eigenvalue weighted by Gasteiger charge is -2.48. The molecular formula is C17H31NO3. The van der Waals surface area contributed by atoms with E-state index in [1.165, 1.54) is 25.7 Å². The first kappa shape index (κ1) is 15.7. The van der Waals surface area contributed by atoms with Gasteiger partial charge < -0.3 is 14.6 Å². The molecule has 2 heterocycles. The minimum atomic E-state index is -0.395. The predicted octanol–water partition coefficient (Wildman–Crippen LogP) is 2.55. The van der Waals surface area contributed by atoms with Crippen molar-refractivity contribution in [3.8, 4) is 0 Å². The summed E-state index contributed by atoms with van der Waals surface area (Å²) in [6.45, 7) is 8.28. The highest BCUT2D eigenvalue weighted by Gasteiger charge is 2.47. The number of nitrogens with zero attached hydrogens (tertiary/aromatic N) is 1. The van der Waals surface area contributed by atoms with Crippen molar-refractivity contribution >= 4 is 0 Å². The third-order valence-corrected chi connectivity index (χ3v) is 6.43. The fourth-order valence-electron chi connectivity index (χ4n) is 4.54. The first-order chi connectivity index (χ1) is 10.1. The summed E-state index contributed by atoms with van der Waals surface area (Å²) in [6, 6.07) is 0.212. The Labute approximate surface area is 128 Å². The Morgan fingerprint density at radius 3 is 2.24 bits per heavy atom. The minimum Gasteiger partial charge on any atom is -0.391 e. The summed E-state index contributed by atoms with van der Waals surface area (Å²) in [4.78, 5) is 2.50. The van der Waals surface area contributed by atoms with E-state index in [0.29, 0.717) is 18.6 Å². The van der Waals surface area contributed by atoms with E-state index in [9.17, 15) is 5.11 Å². The molecule has 0 aromatic heterocycles. The number of hydrogen-bond donors (Lipinski definition) is 1. The van der Waals surface area contributed by atoms with Crippen LogP contribution >= 0.6 is 0 Å². The van der Waals surface area contributed by atoms with Gasteiger partial charge in [0.2, 0.25) is 0 Å². The summed E-state index contributed by atoms with van der Waals surface area (Å²) in [5.41, 5.74) is 0.536. The highest BCUT2D eigenvalue weighted by atomic mass is 16.7. The van der Waals surface area contributed by atoms with E-state index in [2.05, 4.69) is 18.7 Å². The van der Waals surface area contributed by atoms with Crippen molar-refractivity contribution in [3.05, 3.63) is 0 Å². The molecule has 3 rings (SSSR count). The van der Waals surface area contributed by atoms with Gasteiger partial charge in [-0.05, 0) is 37.8 Å². The number of rotatable bonds is 3. The van der Waals surface area contributed by atoms with Crippen molar-refractivity contribution in [1.82, 2.24) is 4.90 Å². The van der Waals surface area contributed by atoms with E-state index in [1.54, 1.807) is 0 Å². The maximum atomic E-state index is 10.5. The van der Waals surface area contributed by atoms with Gasteiger partial charge in [0.1, 0.15) is 0 Å². The zero-order chi connectivity index (χ0) is 14.9. The maximum absolute atomic E-state index is 10.5. The van der Waals surface area contributed by atoms with Crippen LogP contribution in [0.1, 0.15) is 58.8 Å². The fraction of sp³-hybridized carbons (Fsp3) is 1.00. The third-order valence-electron chi connectivity index (χ3n) is 6.43. The number of ether oxygens (including phenoxy) is 2. The van der Waals surface area contributed by atoms with Crippen molar-refractivity contribution in [2.75, 3.05) is 26.3 Å². The Kier molecular flexibility index (Phi) is 4.60. The molecule has 0 amide bonds. The van der Waals surface area contributed by atoms with Gasteiger partial charge in [0, 0.05) is 18.9 Å². The van der Waals surface area contributed by atoms with Crippen LogP contribution in [0.25, 0.3) is 0 Å². The summed E-state index contributed by atoms with van der Waals surface area (Å²) < 4.78 is 11.7. The molecule has 2 aliphatic heterocycles. The van der Waals surface area contributed by atoms with Gasteiger partial charge in [-0.1, -0.05) is 26.7 Å². The average Bonchev–Trinajstić information content (AvgIpc) is 2.98. The average molecular weight is 297 g/mol.